The number of hydrogen-bond donors (Lipinski definition) is 2. The Kier molecular flexibility index (Phi) is 8.59. The van der Waals surface area contributed by atoms with Gasteiger partial charge in [-0.3, -0.25) is 9.59 Å². The van der Waals surface area contributed by atoms with E-state index in [0.29, 0.717) is 6.54 Å². The molecular weight excluding hydrogens is 346 g/mol. The van der Waals surface area contributed by atoms with Crippen molar-refractivity contribution in [3.05, 3.63) is 35.9 Å². The zero-order valence-electron chi connectivity index (χ0n) is 14.1. The predicted molar refractivity (Wildman–Crippen MR) is 101 cm³/mol. The molecule has 2 amide bonds. The van der Waals surface area contributed by atoms with Crippen molar-refractivity contribution in [2.75, 3.05) is 24.6 Å². The molecule has 2 rings (SSSR count). The van der Waals surface area contributed by atoms with Crippen LogP contribution in [0.1, 0.15) is 25.5 Å². The number of rotatable bonds is 5. The van der Waals surface area contributed by atoms with E-state index in [1.54, 1.807) is 0 Å². The normalized spacial score (nSPS) is 18.7. The highest BCUT2D eigenvalue weighted by atomic mass is 35.5. The van der Waals surface area contributed by atoms with E-state index in [0.717, 1.165) is 17.1 Å². The van der Waals surface area contributed by atoms with Gasteiger partial charge in [0.05, 0.1) is 18.6 Å². The number of halogens is 1. The summed E-state index contributed by atoms with van der Waals surface area (Å²) in [6.45, 7) is 4.49. The SMILES string of the molecule is CC(C)[C@H](N)C(=O)NCC(=O)N1CCSCC1c1ccccc1.Cl. The van der Waals surface area contributed by atoms with Crippen LogP contribution in [0.3, 0.4) is 0 Å². The molecule has 2 atom stereocenters. The zero-order chi connectivity index (χ0) is 16.8. The lowest BCUT2D eigenvalue weighted by Gasteiger charge is -2.36. The quantitative estimate of drug-likeness (QED) is 0.827. The summed E-state index contributed by atoms with van der Waals surface area (Å²) < 4.78 is 0. The third kappa shape index (κ3) is 5.40. The summed E-state index contributed by atoms with van der Waals surface area (Å²) >= 11 is 1.85. The predicted octanol–water partition coefficient (Wildman–Crippen LogP) is 1.82. The highest BCUT2D eigenvalue weighted by molar-refractivity contribution is 7.99. The molecule has 134 valence electrons. The summed E-state index contributed by atoms with van der Waals surface area (Å²) in [6.07, 6.45) is 0. The first-order chi connectivity index (χ1) is 11.0. The average Bonchev–Trinajstić information content (AvgIpc) is 2.59. The lowest BCUT2D eigenvalue weighted by Crippen LogP contribution is -2.49. The maximum Gasteiger partial charge on any atom is 0.242 e. The maximum atomic E-state index is 12.5. The Balaban J connectivity index is 0.00000288. The van der Waals surface area contributed by atoms with E-state index in [1.165, 1.54) is 0 Å². The fourth-order valence-corrected chi connectivity index (χ4v) is 3.63. The van der Waals surface area contributed by atoms with Gasteiger partial charge in [0.2, 0.25) is 11.8 Å². The number of amides is 2. The minimum absolute atomic E-state index is 0. The van der Waals surface area contributed by atoms with Crippen LogP contribution in [0.15, 0.2) is 30.3 Å². The number of carbonyl (C=O) groups excluding carboxylic acids is 2. The topological polar surface area (TPSA) is 75.4 Å². The monoisotopic (exact) mass is 371 g/mol. The second-order valence-electron chi connectivity index (χ2n) is 6.08. The largest absolute Gasteiger partial charge is 0.346 e. The number of benzene rings is 1. The van der Waals surface area contributed by atoms with Crippen LogP contribution >= 0.6 is 24.2 Å². The first-order valence-electron chi connectivity index (χ1n) is 7.96. The number of nitrogens with two attached hydrogens (primary N) is 1. The fourth-order valence-electron chi connectivity index (χ4n) is 2.54. The molecule has 1 fully saturated rings. The van der Waals surface area contributed by atoms with Gasteiger partial charge in [-0.05, 0) is 11.5 Å². The number of thioether (sulfide) groups is 1. The molecule has 0 aliphatic carbocycles. The summed E-state index contributed by atoms with van der Waals surface area (Å²) in [7, 11) is 0. The van der Waals surface area contributed by atoms with Crippen molar-refractivity contribution in [2.45, 2.75) is 25.9 Å². The van der Waals surface area contributed by atoms with Crippen molar-refractivity contribution in [2.24, 2.45) is 11.7 Å². The van der Waals surface area contributed by atoms with Gasteiger partial charge < -0.3 is 16.0 Å². The molecule has 0 bridgehead atoms. The molecule has 0 radical (unpaired) electrons. The highest BCUT2D eigenvalue weighted by Gasteiger charge is 2.28. The second kappa shape index (κ2) is 9.91. The van der Waals surface area contributed by atoms with Crippen LogP contribution in [-0.4, -0.2) is 47.4 Å². The van der Waals surface area contributed by atoms with E-state index < -0.39 is 6.04 Å². The van der Waals surface area contributed by atoms with Gasteiger partial charge >= 0.3 is 0 Å². The van der Waals surface area contributed by atoms with E-state index >= 15 is 0 Å². The van der Waals surface area contributed by atoms with Crippen molar-refractivity contribution in [3.8, 4) is 0 Å². The Bertz CT molecular complexity index is 542. The van der Waals surface area contributed by atoms with Crippen molar-refractivity contribution in [3.63, 3.8) is 0 Å². The molecule has 1 saturated heterocycles. The molecule has 24 heavy (non-hydrogen) atoms. The molecule has 1 aromatic carbocycles. The fraction of sp³-hybridized carbons (Fsp3) is 0.529. The van der Waals surface area contributed by atoms with Crippen LogP contribution in [0.5, 0.6) is 0 Å². The smallest absolute Gasteiger partial charge is 0.242 e. The minimum atomic E-state index is -0.579. The van der Waals surface area contributed by atoms with Gasteiger partial charge in [-0.15, -0.1) is 12.4 Å². The van der Waals surface area contributed by atoms with Crippen molar-refractivity contribution >= 4 is 36.0 Å². The second-order valence-corrected chi connectivity index (χ2v) is 7.23. The zero-order valence-corrected chi connectivity index (χ0v) is 15.7. The molecule has 0 saturated carbocycles. The van der Waals surface area contributed by atoms with Crippen LogP contribution in [0.2, 0.25) is 0 Å². The summed E-state index contributed by atoms with van der Waals surface area (Å²) in [5.41, 5.74) is 6.94. The number of carbonyl (C=O) groups is 2. The Morgan fingerprint density at radius 1 is 1.33 bits per heavy atom. The number of nitrogens with one attached hydrogen (secondary N) is 1. The van der Waals surface area contributed by atoms with E-state index in [4.69, 9.17) is 5.73 Å². The molecule has 0 spiro atoms. The summed E-state index contributed by atoms with van der Waals surface area (Å²) in [5.74, 6) is 1.54. The molecule has 1 aliphatic heterocycles. The Morgan fingerprint density at radius 3 is 2.62 bits per heavy atom. The van der Waals surface area contributed by atoms with Crippen LogP contribution in [0, 0.1) is 5.92 Å². The first-order valence-corrected chi connectivity index (χ1v) is 9.11. The molecule has 3 N–H and O–H groups in total. The van der Waals surface area contributed by atoms with Gasteiger partial charge in [-0.25, -0.2) is 0 Å². The number of nitrogens with zero attached hydrogens (tertiary/aromatic N) is 1. The average molecular weight is 372 g/mol. The van der Waals surface area contributed by atoms with Crippen LogP contribution < -0.4 is 11.1 Å². The van der Waals surface area contributed by atoms with E-state index in [9.17, 15) is 9.59 Å². The molecule has 1 aliphatic rings. The van der Waals surface area contributed by atoms with Gasteiger partial charge in [0.1, 0.15) is 0 Å². The molecule has 7 heteroatoms. The molecule has 1 heterocycles. The van der Waals surface area contributed by atoms with Crippen LogP contribution in [-0.2, 0) is 9.59 Å². The molecular formula is C17H26ClN3O2S. The molecule has 0 aromatic heterocycles. The van der Waals surface area contributed by atoms with Crippen molar-refractivity contribution in [1.29, 1.82) is 0 Å². The summed E-state index contributed by atoms with van der Waals surface area (Å²) in [6, 6.07) is 9.53. The van der Waals surface area contributed by atoms with Gasteiger partial charge in [-0.1, -0.05) is 44.2 Å². The standard InChI is InChI=1S/C17H25N3O2S.ClH/c1-12(2)16(18)17(22)19-10-15(21)20-8-9-23-11-14(20)13-6-4-3-5-7-13;/h3-7,12,14,16H,8-11,18H2,1-2H3,(H,19,22);1H/t14?,16-;/m0./s1. The Hall–Kier alpha value is -1.24. The van der Waals surface area contributed by atoms with Gasteiger partial charge in [-0.2, -0.15) is 11.8 Å². The third-order valence-corrected chi connectivity index (χ3v) is 5.09. The van der Waals surface area contributed by atoms with Crippen molar-refractivity contribution in [1.82, 2.24) is 10.2 Å². The minimum Gasteiger partial charge on any atom is -0.346 e. The highest BCUT2D eigenvalue weighted by Crippen LogP contribution is 2.29. The first kappa shape index (κ1) is 20.8. The third-order valence-electron chi connectivity index (χ3n) is 4.07. The van der Waals surface area contributed by atoms with Crippen LogP contribution in [0.25, 0.3) is 0 Å². The molecule has 1 aromatic rings. The Morgan fingerprint density at radius 2 is 2.00 bits per heavy atom. The summed E-state index contributed by atoms with van der Waals surface area (Å²) in [4.78, 5) is 26.3. The molecule has 5 nitrogen and oxygen atoms in total. The van der Waals surface area contributed by atoms with Crippen LogP contribution in [0.4, 0.5) is 0 Å². The number of hydrogen-bond acceptors (Lipinski definition) is 4. The maximum absolute atomic E-state index is 12.5. The van der Waals surface area contributed by atoms with Crippen molar-refractivity contribution < 1.29 is 9.59 Å². The van der Waals surface area contributed by atoms with E-state index in [1.807, 2.05) is 60.8 Å². The Labute approximate surface area is 154 Å². The lowest BCUT2D eigenvalue weighted by atomic mass is 10.0. The van der Waals surface area contributed by atoms with Gasteiger partial charge in [0.25, 0.3) is 0 Å². The summed E-state index contributed by atoms with van der Waals surface area (Å²) in [5, 5.41) is 2.67. The van der Waals surface area contributed by atoms with E-state index in [2.05, 4.69) is 5.32 Å². The van der Waals surface area contributed by atoms with Gasteiger partial charge in [0, 0.05) is 18.1 Å². The lowest BCUT2D eigenvalue weighted by molar-refractivity contribution is -0.135. The van der Waals surface area contributed by atoms with E-state index in [-0.39, 0.29) is 42.7 Å². The molecule has 1 unspecified atom stereocenters. The van der Waals surface area contributed by atoms with Gasteiger partial charge in [0.15, 0.2) is 0 Å².